The molecule has 8 heteroatoms. The summed E-state index contributed by atoms with van der Waals surface area (Å²) in [5, 5.41) is 5.83. The first-order valence-corrected chi connectivity index (χ1v) is 8.33. The third kappa shape index (κ3) is 3.41. The van der Waals surface area contributed by atoms with Gasteiger partial charge in [0, 0.05) is 31.7 Å². The Hall–Kier alpha value is -1.83. The van der Waals surface area contributed by atoms with E-state index in [2.05, 4.69) is 20.5 Å². The highest BCUT2D eigenvalue weighted by Gasteiger charge is 2.42. The summed E-state index contributed by atoms with van der Waals surface area (Å²) in [6, 6.07) is -0.321. The van der Waals surface area contributed by atoms with Gasteiger partial charge in [-0.2, -0.15) is 0 Å². The molecular weight excluding hydrogens is 298 g/mol. The minimum absolute atomic E-state index is 0.0945. The number of nitrogens with zero attached hydrogens (tertiary/aromatic N) is 3. The maximum absolute atomic E-state index is 11.6. The standard InChI is InChI=1S/C15H25N5O3/c1-2-16-13(17-5-7-20-12(21)9-18-14(20)22)19-6-3-15(10-19)4-8-23-11-15/h2-11H2,1H3,(H,16,17)(H,18,22). The Morgan fingerprint density at radius 3 is 2.96 bits per heavy atom. The van der Waals surface area contributed by atoms with E-state index in [0.29, 0.717) is 13.1 Å². The molecule has 3 rings (SSSR count). The maximum Gasteiger partial charge on any atom is 0.324 e. The number of guanidine groups is 1. The molecule has 3 fully saturated rings. The minimum Gasteiger partial charge on any atom is -0.381 e. The molecule has 3 heterocycles. The van der Waals surface area contributed by atoms with Gasteiger partial charge in [-0.15, -0.1) is 0 Å². The number of nitrogens with one attached hydrogen (secondary N) is 2. The predicted molar refractivity (Wildman–Crippen MR) is 85.1 cm³/mol. The van der Waals surface area contributed by atoms with E-state index in [0.717, 1.165) is 51.6 Å². The second-order valence-corrected chi connectivity index (χ2v) is 6.41. The molecule has 2 N–H and O–H groups in total. The van der Waals surface area contributed by atoms with E-state index in [1.165, 1.54) is 4.90 Å². The van der Waals surface area contributed by atoms with Gasteiger partial charge in [0.1, 0.15) is 0 Å². The fraction of sp³-hybridized carbons (Fsp3) is 0.800. The van der Waals surface area contributed by atoms with Gasteiger partial charge in [-0.1, -0.05) is 0 Å². The van der Waals surface area contributed by atoms with Gasteiger partial charge in [0.25, 0.3) is 0 Å². The third-order valence-electron chi connectivity index (χ3n) is 4.78. The largest absolute Gasteiger partial charge is 0.381 e. The molecule has 0 aliphatic carbocycles. The summed E-state index contributed by atoms with van der Waals surface area (Å²) < 4.78 is 5.57. The molecule has 0 aromatic heterocycles. The van der Waals surface area contributed by atoms with E-state index in [1.807, 2.05) is 6.92 Å². The van der Waals surface area contributed by atoms with Crippen molar-refractivity contribution in [1.29, 1.82) is 0 Å². The molecule has 3 saturated heterocycles. The summed E-state index contributed by atoms with van der Waals surface area (Å²) in [6.45, 7) is 7.29. The molecule has 128 valence electrons. The molecule has 23 heavy (non-hydrogen) atoms. The highest BCUT2D eigenvalue weighted by Crippen LogP contribution is 2.38. The molecule has 0 saturated carbocycles. The van der Waals surface area contributed by atoms with Gasteiger partial charge in [0.15, 0.2) is 5.96 Å². The van der Waals surface area contributed by atoms with Crippen LogP contribution in [-0.4, -0.2) is 80.2 Å². The Bertz CT molecular complexity index is 485. The fourth-order valence-electron chi connectivity index (χ4n) is 3.45. The molecule has 0 aromatic carbocycles. The average molecular weight is 323 g/mol. The molecule has 1 unspecified atom stereocenters. The molecule has 3 aliphatic rings. The number of carbonyl (C=O) groups excluding carboxylic acids is 2. The minimum atomic E-state index is -0.321. The summed E-state index contributed by atoms with van der Waals surface area (Å²) >= 11 is 0. The smallest absolute Gasteiger partial charge is 0.324 e. The molecular formula is C15H25N5O3. The van der Waals surface area contributed by atoms with Crippen molar-refractivity contribution < 1.29 is 14.3 Å². The predicted octanol–water partition coefficient (Wildman–Crippen LogP) is -0.384. The van der Waals surface area contributed by atoms with Crippen LogP contribution in [0.15, 0.2) is 4.99 Å². The van der Waals surface area contributed by atoms with Crippen LogP contribution in [0, 0.1) is 5.41 Å². The Kier molecular flexibility index (Phi) is 4.70. The van der Waals surface area contributed by atoms with Crippen LogP contribution in [0.2, 0.25) is 0 Å². The second kappa shape index (κ2) is 6.74. The molecule has 0 bridgehead atoms. The number of hydrogen-bond acceptors (Lipinski definition) is 4. The number of rotatable bonds is 4. The van der Waals surface area contributed by atoms with E-state index >= 15 is 0 Å². The topological polar surface area (TPSA) is 86.3 Å². The number of carbonyl (C=O) groups is 2. The van der Waals surface area contributed by atoms with Crippen molar-refractivity contribution in [2.24, 2.45) is 10.4 Å². The van der Waals surface area contributed by atoms with Crippen LogP contribution in [0.25, 0.3) is 0 Å². The number of aliphatic imine (C=N–C) groups is 1. The van der Waals surface area contributed by atoms with Gasteiger partial charge in [0.2, 0.25) is 5.91 Å². The van der Waals surface area contributed by atoms with E-state index < -0.39 is 0 Å². The van der Waals surface area contributed by atoms with Gasteiger partial charge >= 0.3 is 6.03 Å². The molecule has 1 spiro atoms. The molecule has 8 nitrogen and oxygen atoms in total. The first-order valence-electron chi connectivity index (χ1n) is 8.33. The van der Waals surface area contributed by atoms with Crippen molar-refractivity contribution >= 4 is 17.9 Å². The van der Waals surface area contributed by atoms with Crippen molar-refractivity contribution in [1.82, 2.24) is 20.4 Å². The quantitative estimate of drug-likeness (QED) is 0.418. The van der Waals surface area contributed by atoms with E-state index in [9.17, 15) is 9.59 Å². The first-order chi connectivity index (χ1) is 11.1. The van der Waals surface area contributed by atoms with Gasteiger partial charge in [-0.25, -0.2) is 4.79 Å². The zero-order valence-corrected chi connectivity index (χ0v) is 13.6. The Labute approximate surface area is 136 Å². The Balaban J connectivity index is 1.57. The van der Waals surface area contributed by atoms with Crippen LogP contribution in [0.3, 0.4) is 0 Å². The summed E-state index contributed by atoms with van der Waals surface area (Å²) in [4.78, 5) is 31.2. The van der Waals surface area contributed by atoms with E-state index in [-0.39, 0.29) is 23.9 Å². The molecule has 0 radical (unpaired) electrons. The number of ether oxygens (including phenoxy) is 1. The Morgan fingerprint density at radius 2 is 2.30 bits per heavy atom. The van der Waals surface area contributed by atoms with Gasteiger partial charge < -0.3 is 20.3 Å². The first kappa shape index (κ1) is 16.0. The van der Waals surface area contributed by atoms with Gasteiger partial charge in [-0.05, 0) is 19.8 Å². The van der Waals surface area contributed by atoms with Gasteiger partial charge in [0.05, 0.1) is 26.2 Å². The monoisotopic (exact) mass is 323 g/mol. The number of likely N-dealkylation sites (tertiary alicyclic amines) is 1. The molecule has 3 aliphatic heterocycles. The van der Waals surface area contributed by atoms with Crippen LogP contribution in [-0.2, 0) is 9.53 Å². The third-order valence-corrected chi connectivity index (χ3v) is 4.78. The van der Waals surface area contributed by atoms with Crippen LogP contribution in [0.5, 0.6) is 0 Å². The second-order valence-electron chi connectivity index (χ2n) is 6.41. The number of amides is 3. The van der Waals surface area contributed by atoms with Crippen molar-refractivity contribution in [3.8, 4) is 0 Å². The summed E-state index contributed by atoms with van der Waals surface area (Å²) in [5.74, 6) is 0.682. The number of imide groups is 1. The molecule has 1 atom stereocenters. The number of hydrogen-bond donors (Lipinski definition) is 2. The van der Waals surface area contributed by atoms with Gasteiger partial charge in [-0.3, -0.25) is 14.7 Å². The van der Waals surface area contributed by atoms with Crippen LogP contribution >= 0.6 is 0 Å². The normalized spacial score (nSPS) is 28.1. The van der Waals surface area contributed by atoms with E-state index in [4.69, 9.17) is 4.74 Å². The highest BCUT2D eigenvalue weighted by molar-refractivity contribution is 6.01. The van der Waals surface area contributed by atoms with Crippen molar-refractivity contribution in [2.45, 2.75) is 19.8 Å². The lowest BCUT2D eigenvalue weighted by Gasteiger charge is -2.25. The van der Waals surface area contributed by atoms with Crippen molar-refractivity contribution in [3.05, 3.63) is 0 Å². The van der Waals surface area contributed by atoms with Crippen LogP contribution < -0.4 is 10.6 Å². The zero-order chi connectivity index (χ0) is 16.3. The maximum atomic E-state index is 11.6. The van der Waals surface area contributed by atoms with Crippen molar-refractivity contribution in [3.63, 3.8) is 0 Å². The van der Waals surface area contributed by atoms with E-state index in [1.54, 1.807) is 0 Å². The van der Waals surface area contributed by atoms with Crippen molar-refractivity contribution in [2.75, 3.05) is 52.5 Å². The zero-order valence-electron chi connectivity index (χ0n) is 13.6. The lowest BCUT2D eigenvalue weighted by molar-refractivity contribution is -0.124. The van der Waals surface area contributed by atoms with Crippen LogP contribution in [0.1, 0.15) is 19.8 Å². The summed E-state index contributed by atoms with van der Waals surface area (Å²) in [7, 11) is 0. The number of urea groups is 1. The van der Waals surface area contributed by atoms with Crippen LogP contribution in [0.4, 0.5) is 4.79 Å². The highest BCUT2D eigenvalue weighted by atomic mass is 16.5. The SMILES string of the molecule is CCNC(=NCCN1C(=O)CNC1=O)N1CCC2(CCOC2)C1. The lowest BCUT2D eigenvalue weighted by atomic mass is 9.87. The summed E-state index contributed by atoms with van der Waals surface area (Å²) in [5.41, 5.74) is 0.279. The fourth-order valence-corrected chi connectivity index (χ4v) is 3.45. The molecule has 3 amide bonds. The Morgan fingerprint density at radius 1 is 1.43 bits per heavy atom. The average Bonchev–Trinajstić information content (AvgIpc) is 3.24. The lowest BCUT2D eigenvalue weighted by Crippen LogP contribution is -2.42. The molecule has 0 aromatic rings. The summed E-state index contributed by atoms with van der Waals surface area (Å²) in [6.07, 6.45) is 2.25.